The Morgan fingerprint density at radius 2 is 1.14 bits per heavy atom. The number of imidazole rings is 1. The number of nitrogens with zero attached hydrogens (tertiary/aromatic N) is 3. The van der Waals surface area contributed by atoms with Gasteiger partial charge in [-0.15, -0.1) is 0 Å². The van der Waals surface area contributed by atoms with Crippen LogP contribution in [0, 0.1) is 11.8 Å². The molecule has 0 saturated carbocycles. The Balaban J connectivity index is 0.960. The van der Waals surface area contributed by atoms with Gasteiger partial charge in [0.05, 0.1) is 17.9 Å². The molecule has 2 aliphatic heterocycles. The van der Waals surface area contributed by atoms with Gasteiger partial charge in [0.1, 0.15) is 35.2 Å². The number of anilines is 1. The van der Waals surface area contributed by atoms with E-state index in [-0.39, 0.29) is 23.8 Å². The van der Waals surface area contributed by atoms with Gasteiger partial charge in [-0.1, -0.05) is 84.6 Å². The summed E-state index contributed by atoms with van der Waals surface area (Å²) in [4.78, 5) is 78.7. The molecular weight excluding hydrogens is 835 g/mol. The third-order valence-corrected chi connectivity index (χ3v) is 11.1. The number of aromatic nitrogens is 2. The zero-order chi connectivity index (χ0) is 47.0. The van der Waals surface area contributed by atoms with E-state index >= 15 is 0 Å². The van der Waals surface area contributed by atoms with Gasteiger partial charge in [-0.2, -0.15) is 0 Å². The lowest BCUT2D eigenvalue weighted by molar-refractivity contribution is -0.138. The molecule has 4 atom stereocenters. The van der Waals surface area contributed by atoms with E-state index < -0.39 is 41.5 Å². The molecule has 2 saturated heterocycles. The fourth-order valence-corrected chi connectivity index (χ4v) is 8.06. The van der Waals surface area contributed by atoms with Crippen molar-refractivity contribution in [3.8, 4) is 23.1 Å². The van der Waals surface area contributed by atoms with Crippen LogP contribution in [-0.2, 0) is 23.9 Å². The van der Waals surface area contributed by atoms with Crippen molar-refractivity contribution in [3.63, 3.8) is 0 Å². The van der Waals surface area contributed by atoms with E-state index in [0.29, 0.717) is 48.6 Å². The van der Waals surface area contributed by atoms with Gasteiger partial charge in [0, 0.05) is 29.9 Å². The number of ether oxygens (including phenoxy) is 2. The summed E-state index contributed by atoms with van der Waals surface area (Å²) in [6.07, 6.45) is 3.03. The summed E-state index contributed by atoms with van der Waals surface area (Å²) in [6, 6.07) is 30.1. The molecule has 0 spiro atoms. The predicted octanol–water partition coefficient (Wildman–Crippen LogP) is 8.60. The molecule has 5 amide bonds. The molecule has 4 unspecified atom stereocenters. The first-order chi connectivity index (χ1) is 31.5. The highest BCUT2D eigenvalue weighted by Gasteiger charge is 2.40. The van der Waals surface area contributed by atoms with Gasteiger partial charge in [-0.05, 0) is 120 Å². The molecule has 5 aromatic rings. The molecule has 4 aromatic carbocycles. The number of hydrogen-bond acceptors (Lipinski definition) is 8. The van der Waals surface area contributed by atoms with Crippen molar-refractivity contribution in [2.24, 2.45) is 0 Å². The monoisotopic (exact) mass is 891 g/mol. The summed E-state index contributed by atoms with van der Waals surface area (Å²) in [5.74, 6) is 6.12. The lowest BCUT2D eigenvalue weighted by atomic mass is 10.0. The van der Waals surface area contributed by atoms with Crippen LogP contribution >= 0.6 is 0 Å². The number of benzene rings is 4. The van der Waals surface area contributed by atoms with Gasteiger partial charge >= 0.3 is 12.2 Å². The summed E-state index contributed by atoms with van der Waals surface area (Å²) >= 11 is 0. The molecule has 2 fully saturated rings. The average molecular weight is 892 g/mol. The van der Waals surface area contributed by atoms with Crippen molar-refractivity contribution < 1.29 is 33.4 Å². The first-order valence-electron chi connectivity index (χ1n) is 22.3. The summed E-state index contributed by atoms with van der Waals surface area (Å²) in [5, 5.41) is 8.48. The Bertz CT molecular complexity index is 2570. The maximum absolute atomic E-state index is 14.1. The van der Waals surface area contributed by atoms with Crippen molar-refractivity contribution in [1.82, 2.24) is 30.4 Å². The maximum atomic E-state index is 14.1. The summed E-state index contributed by atoms with van der Waals surface area (Å²) in [6.45, 7) is 11.5. The van der Waals surface area contributed by atoms with E-state index in [1.54, 1.807) is 89.0 Å². The van der Waals surface area contributed by atoms with Gasteiger partial charge < -0.3 is 40.2 Å². The zero-order valence-corrected chi connectivity index (χ0v) is 38.2. The second-order valence-electron chi connectivity index (χ2n) is 18.4. The Labute approximate surface area is 385 Å². The molecule has 66 heavy (non-hydrogen) atoms. The number of nitrogens with one attached hydrogen (secondary N) is 4. The quantitative estimate of drug-likeness (QED) is 0.101. The number of alkyl carbamates (subject to hydrolysis) is 2. The van der Waals surface area contributed by atoms with E-state index in [1.807, 2.05) is 72.8 Å². The standard InChI is InChI=1S/C52H57N7O7/c1-51(2,3)65-49(63)56-43(37-15-9-7-10-16-37)47(61)58-31-13-19-41(58)45-53-33-40(55-45)36-27-23-34(24-28-36)21-22-35-25-29-39(30-26-35)54-46(60)42-20-14-32-59(42)48(62)44(38-17-11-8-12-18-38)57-50(64)66-52(4,5)6/h7-12,15-18,23-30,33,41-44H,13-14,19-20,31-32H2,1-6H3,(H,53,55)(H,54,60)(H,56,63)(H,57,64). The Kier molecular flexibility index (Phi) is 14.3. The highest BCUT2D eigenvalue weighted by atomic mass is 16.6. The first-order valence-corrected chi connectivity index (χ1v) is 22.3. The smallest absolute Gasteiger partial charge is 0.408 e. The minimum absolute atomic E-state index is 0.233. The van der Waals surface area contributed by atoms with Crippen LogP contribution in [0.3, 0.4) is 0 Å². The van der Waals surface area contributed by atoms with Gasteiger partial charge in [0.2, 0.25) is 5.91 Å². The topological polar surface area (TPSA) is 175 Å². The van der Waals surface area contributed by atoms with Crippen molar-refractivity contribution in [1.29, 1.82) is 0 Å². The van der Waals surface area contributed by atoms with Crippen LogP contribution in [0.2, 0.25) is 0 Å². The van der Waals surface area contributed by atoms with Crippen LogP contribution in [0.4, 0.5) is 15.3 Å². The largest absolute Gasteiger partial charge is 0.444 e. The van der Waals surface area contributed by atoms with Gasteiger partial charge in [0.15, 0.2) is 0 Å². The number of carbonyl (C=O) groups is 5. The molecule has 14 heteroatoms. The van der Waals surface area contributed by atoms with Crippen LogP contribution < -0.4 is 16.0 Å². The molecule has 0 radical (unpaired) electrons. The Morgan fingerprint density at radius 1 is 0.652 bits per heavy atom. The maximum Gasteiger partial charge on any atom is 0.408 e. The SMILES string of the molecule is CC(C)(C)OC(=O)NC(C(=O)N1CCCC1C(=O)Nc1ccc(C#Cc2ccc(-c3cnc(C4CCCN4C(=O)C(NC(=O)OC(C)(C)C)c4ccccc4)[nH]3)cc2)cc1)c1ccccc1. The van der Waals surface area contributed by atoms with E-state index in [9.17, 15) is 24.0 Å². The number of aromatic amines is 1. The summed E-state index contributed by atoms with van der Waals surface area (Å²) in [7, 11) is 0. The van der Waals surface area contributed by atoms with Gasteiger partial charge in [-0.25, -0.2) is 14.6 Å². The van der Waals surface area contributed by atoms with Gasteiger partial charge in [-0.3, -0.25) is 14.4 Å². The molecule has 3 heterocycles. The number of rotatable bonds is 10. The molecule has 7 rings (SSSR count). The number of likely N-dealkylation sites (tertiary alicyclic amines) is 2. The van der Waals surface area contributed by atoms with Crippen LogP contribution in [0.25, 0.3) is 11.3 Å². The highest BCUT2D eigenvalue weighted by Crippen LogP contribution is 2.34. The van der Waals surface area contributed by atoms with E-state index in [4.69, 9.17) is 14.5 Å². The van der Waals surface area contributed by atoms with Crippen molar-refractivity contribution in [2.45, 2.75) is 103 Å². The highest BCUT2D eigenvalue weighted by molar-refractivity contribution is 5.99. The second kappa shape index (κ2) is 20.2. The normalized spacial score (nSPS) is 16.9. The number of H-pyrrole nitrogens is 1. The van der Waals surface area contributed by atoms with Crippen molar-refractivity contribution >= 4 is 35.6 Å². The van der Waals surface area contributed by atoms with Crippen LogP contribution in [-0.4, -0.2) is 80.0 Å². The number of carbonyl (C=O) groups excluding carboxylic acids is 5. The van der Waals surface area contributed by atoms with Crippen molar-refractivity contribution in [2.75, 3.05) is 18.4 Å². The summed E-state index contributed by atoms with van der Waals surface area (Å²) < 4.78 is 11.0. The molecule has 14 nitrogen and oxygen atoms in total. The molecule has 342 valence electrons. The Hall–Kier alpha value is -7.40. The lowest BCUT2D eigenvalue weighted by Crippen LogP contribution is -2.49. The predicted molar refractivity (Wildman–Crippen MR) is 251 cm³/mol. The third-order valence-electron chi connectivity index (χ3n) is 11.1. The molecule has 0 bridgehead atoms. The van der Waals surface area contributed by atoms with Crippen LogP contribution in [0.15, 0.2) is 115 Å². The van der Waals surface area contributed by atoms with Crippen LogP contribution in [0.5, 0.6) is 0 Å². The number of amides is 5. The summed E-state index contributed by atoms with van der Waals surface area (Å²) in [5.41, 5.74) is 3.60. The third kappa shape index (κ3) is 12.0. The van der Waals surface area contributed by atoms with E-state index in [2.05, 4.69) is 32.8 Å². The fraction of sp³-hybridized carbons (Fsp3) is 0.346. The molecular formula is C52H57N7O7. The average Bonchev–Trinajstić information content (AvgIpc) is 4.09. The van der Waals surface area contributed by atoms with E-state index in [0.717, 1.165) is 35.2 Å². The minimum atomic E-state index is -1.02. The van der Waals surface area contributed by atoms with E-state index in [1.165, 1.54) is 4.90 Å². The lowest BCUT2D eigenvalue weighted by Gasteiger charge is -2.29. The molecule has 4 N–H and O–H groups in total. The Morgan fingerprint density at radius 3 is 1.67 bits per heavy atom. The molecule has 1 aromatic heterocycles. The number of hydrogen-bond donors (Lipinski definition) is 4. The minimum Gasteiger partial charge on any atom is -0.444 e. The molecule has 0 aliphatic carbocycles. The first kappa shape index (κ1) is 46.6. The van der Waals surface area contributed by atoms with Gasteiger partial charge in [0.25, 0.3) is 11.8 Å². The molecule has 2 aliphatic rings. The zero-order valence-electron chi connectivity index (χ0n) is 38.2. The van der Waals surface area contributed by atoms with Crippen molar-refractivity contribution in [3.05, 3.63) is 143 Å². The second-order valence-corrected chi connectivity index (χ2v) is 18.4. The fourth-order valence-electron chi connectivity index (χ4n) is 8.06. The van der Waals surface area contributed by atoms with Crippen LogP contribution in [0.1, 0.15) is 113 Å².